The van der Waals surface area contributed by atoms with Crippen molar-refractivity contribution >= 4 is 0 Å². The van der Waals surface area contributed by atoms with Gasteiger partial charge in [0.2, 0.25) is 0 Å². The first kappa shape index (κ1) is 10.6. The number of rotatable bonds is 2. The van der Waals surface area contributed by atoms with Gasteiger partial charge in [-0.1, -0.05) is 18.2 Å². The van der Waals surface area contributed by atoms with Crippen molar-refractivity contribution < 1.29 is 4.42 Å². The Bertz CT molecular complexity index is 502. The van der Waals surface area contributed by atoms with Gasteiger partial charge in [-0.05, 0) is 49.6 Å². The van der Waals surface area contributed by atoms with Gasteiger partial charge in [0.05, 0.1) is 6.26 Å². The molecule has 0 spiro atoms. The number of hydrogen-bond donors (Lipinski definition) is 1. The molecule has 1 aromatic carbocycles. The Labute approximate surface area is 102 Å². The Morgan fingerprint density at radius 3 is 2.94 bits per heavy atom. The molecule has 0 amide bonds. The summed E-state index contributed by atoms with van der Waals surface area (Å²) >= 11 is 0. The quantitative estimate of drug-likeness (QED) is 0.853. The molecular weight excluding hydrogens is 210 g/mol. The van der Waals surface area contributed by atoms with Crippen LogP contribution in [0.15, 0.2) is 41.0 Å². The zero-order valence-corrected chi connectivity index (χ0v) is 10.1. The second-order valence-corrected chi connectivity index (χ2v) is 4.65. The molecule has 1 unspecified atom stereocenters. The van der Waals surface area contributed by atoms with Crippen LogP contribution in [0.25, 0.3) is 11.3 Å². The van der Waals surface area contributed by atoms with Gasteiger partial charge in [-0.3, -0.25) is 0 Å². The molecule has 1 aliphatic carbocycles. The monoisotopic (exact) mass is 227 g/mol. The normalized spacial score (nSPS) is 19.0. The van der Waals surface area contributed by atoms with Crippen LogP contribution >= 0.6 is 0 Å². The van der Waals surface area contributed by atoms with Crippen LogP contribution in [0.4, 0.5) is 0 Å². The molecule has 2 nitrogen and oxygen atoms in total. The van der Waals surface area contributed by atoms with Crippen LogP contribution in [-0.4, -0.2) is 13.1 Å². The first-order chi connectivity index (χ1) is 8.38. The summed E-state index contributed by atoms with van der Waals surface area (Å²) in [6, 6.07) is 11.2. The van der Waals surface area contributed by atoms with E-state index in [4.69, 9.17) is 4.42 Å². The van der Waals surface area contributed by atoms with E-state index in [9.17, 15) is 0 Å². The Morgan fingerprint density at radius 1 is 1.24 bits per heavy atom. The number of fused-ring (bicyclic) bond motifs is 1. The SMILES string of the molecule is CNC1CCc2c(cccc2-c2ccco2)C1. The van der Waals surface area contributed by atoms with Crippen LogP contribution in [0.2, 0.25) is 0 Å². The molecular formula is C15H17NO. The molecule has 2 aromatic rings. The first-order valence-electron chi connectivity index (χ1n) is 6.20. The zero-order chi connectivity index (χ0) is 11.7. The summed E-state index contributed by atoms with van der Waals surface area (Å²) < 4.78 is 5.52. The molecule has 0 bridgehead atoms. The van der Waals surface area contributed by atoms with E-state index in [2.05, 4.69) is 23.5 Å². The molecule has 1 atom stereocenters. The third-order valence-corrected chi connectivity index (χ3v) is 3.68. The van der Waals surface area contributed by atoms with E-state index in [1.165, 1.54) is 23.1 Å². The van der Waals surface area contributed by atoms with Crippen LogP contribution in [0, 0.1) is 0 Å². The molecule has 0 aliphatic heterocycles. The Balaban J connectivity index is 2.03. The lowest BCUT2D eigenvalue weighted by molar-refractivity contribution is 0.495. The molecule has 0 radical (unpaired) electrons. The van der Waals surface area contributed by atoms with Gasteiger partial charge in [0, 0.05) is 11.6 Å². The molecule has 3 rings (SSSR count). The minimum atomic E-state index is 0.620. The molecule has 1 aromatic heterocycles. The molecule has 88 valence electrons. The predicted molar refractivity (Wildman–Crippen MR) is 69.0 cm³/mol. The Hall–Kier alpha value is -1.54. The fourth-order valence-corrected chi connectivity index (χ4v) is 2.72. The van der Waals surface area contributed by atoms with E-state index >= 15 is 0 Å². The van der Waals surface area contributed by atoms with E-state index in [1.807, 2.05) is 19.2 Å². The average molecular weight is 227 g/mol. The maximum absolute atomic E-state index is 5.52. The third kappa shape index (κ3) is 1.89. The third-order valence-electron chi connectivity index (χ3n) is 3.68. The highest BCUT2D eigenvalue weighted by molar-refractivity contribution is 5.64. The predicted octanol–water partition coefficient (Wildman–Crippen LogP) is 3.02. The van der Waals surface area contributed by atoms with E-state index < -0.39 is 0 Å². The number of benzene rings is 1. The van der Waals surface area contributed by atoms with Gasteiger partial charge in [-0.15, -0.1) is 0 Å². The molecule has 0 saturated heterocycles. The van der Waals surface area contributed by atoms with Gasteiger partial charge >= 0.3 is 0 Å². The van der Waals surface area contributed by atoms with Gasteiger partial charge in [0.1, 0.15) is 5.76 Å². The van der Waals surface area contributed by atoms with E-state index in [-0.39, 0.29) is 0 Å². The lowest BCUT2D eigenvalue weighted by Gasteiger charge is -2.25. The highest BCUT2D eigenvalue weighted by atomic mass is 16.3. The summed E-state index contributed by atoms with van der Waals surface area (Å²) in [4.78, 5) is 0. The van der Waals surface area contributed by atoms with Gasteiger partial charge < -0.3 is 9.73 Å². The number of nitrogens with one attached hydrogen (secondary N) is 1. The van der Waals surface area contributed by atoms with Crippen molar-refractivity contribution in [3.63, 3.8) is 0 Å². The van der Waals surface area contributed by atoms with Crippen molar-refractivity contribution in [3.05, 3.63) is 47.7 Å². The number of hydrogen-bond acceptors (Lipinski definition) is 2. The summed E-state index contributed by atoms with van der Waals surface area (Å²) in [7, 11) is 2.05. The van der Waals surface area contributed by atoms with E-state index in [0.717, 1.165) is 18.6 Å². The van der Waals surface area contributed by atoms with Crippen molar-refractivity contribution in [2.24, 2.45) is 0 Å². The lowest BCUT2D eigenvalue weighted by atomic mass is 9.85. The first-order valence-corrected chi connectivity index (χ1v) is 6.20. The van der Waals surface area contributed by atoms with Gasteiger partial charge in [0.15, 0.2) is 0 Å². The van der Waals surface area contributed by atoms with Crippen LogP contribution in [0.3, 0.4) is 0 Å². The molecule has 17 heavy (non-hydrogen) atoms. The van der Waals surface area contributed by atoms with Crippen molar-refractivity contribution in [2.75, 3.05) is 7.05 Å². The standard InChI is InChI=1S/C15H17NO/c1-16-12-7-8-13-11(10-12)4-2-5-14(13)15-6-3-9-17-15/h2-6,9,12,16H,7-8,10H2,1H3. The fraction of sp³-hybridized carbons (Fsp3) is 0.333. The summed E-state index contributed by atoms with van der Waals surface area (Å²) in [5.74, 6) is 0.991. The highest BCUT2D eigenvalue weighted by Gasteiger charge is 2.20. The largest absolute Gasteiger partial charge is 0.464 e. The number of furan rings is 1. The van der Waals surface area contributed by atoms with Gasteiger partial charge in [-0.2, -0.15) is 0 Å². The molecule has 0 saturated carbocycles. The maximum Gasteiger partial charge on any atom is 0.134 e. The molecule has 0 fully saturated rings. The molecule has 1 heterocycles. The van der Waals surface area contributed by atoms with Gasteiger partial charge in [0.25, 0.3) is 0 Å². The minimum Gasteiger partial charge on any atom is -0.464 e. The van der Waals surface area contributed by atoms with E-state index in [0.29, 0.717) is 6.04 Å². The van der Waals surface area contributed by atoms with Crippen molar-refractivity contribution in [1.82, 2.24) is 5.32 Å². The molecule has 1 N–H and O–H groups in total. The zero-order valence-electron chi connectivity index (χ0n) is 10.1. The van der Waals surface area contributed by atoms with Crippen LogP contribution in [0.5, 0.6) is 0 Å². The van der Waals surface area contributed by atoms with Crippen molar-refractivity contribution in [3.8, 4) is 11.3 Å². The second kappa shape index (κ2) is 4.38. The second-order valence-electron chi connectivity index (χ2n) is 4.65. The smallest absolute Gasteiger partial charge is 0.134 e. The summed E-state index contributed by atoms with van der Waals surface area (Å²) in [6.07, 6.45) is 5.22. The average Bonchev–Trinajstić information content (AvgIpc) is 2.91. The Kier molecular flexibility index (Phi) is 2.73. The Morgan fingerprint density at radius 2 is 2.18 bits per heavy atom. The van der Waals surface area contributed by atoms with Crippen LogP contribution in [0.1, 0.15) is 17.5 Å². The number of likely N-dealkylation sites (N-methyl/N-ethyl adjacent to an activating group) is 1. The van der Waals surface area contributed by atoms with Crippen molar-refractivity contribution in [2.45, 2.75) is 25.3 Å². The summed E-state index contributed by atoms with van der Waals surface area (Å²) in [5, 5.41) is 3.38. The van der Waals surface area contributed by atoms with E-state index in [1.54, 1.807) is 6.26 Å². The maximum atomic E-state index is 5.52. The molecule has 1 aliphatic rings. The van der Waals surface area contributed by atoms with Gasteiger partial charge in [-0.25, -0.2) is 0 Å². The lowest BCUT2D eigenvalue weighted by Crippen LogP contribution is -2.31. The topological polar surface area (TPSA) is 25.2 Å². The van der Waals surface area contributed by atoms with Crippen LogP contribution in [-0.2, 0) is 12.8 Å². The summed E-state index contributed by atoms with van der Waals surface area (Å²) in [5.41, 5.74) is 4.19. The minimum absolute atomic E-state index is 0.620. The fourth-order valence-electron chi connectivity index (χ4n) is 2.72. The van der Waals surface area contributed by atoms with Crippen molar-refractivity contribution in [1.29, 1.82) is 0 Å². The van der Waals surface area contributed by atoms with Crippen LogP contribution < -0.4 is 5.32 Å². The molecule has 2 heteroatoms. The highest BCUT2D eigenvalue weighted by Crippen LogP contribution is 2.31. The summed E-state index contributed by atoms with van der Waals surface area (Å²) in [6.45, 7) is 0.